The second-order valence-corrected chi connectivity index (χ2v) is 6.28. The van der Waals surface area contributed by atoms with Gasteiger partial charge in [0.25, 0.3) is 0 Å². The van der Waals surface area contributed by atoms with Crippen molar-refractivity contribution in [2.75, 3.05) is 0 Å². The molecule has 0 radical (unpaired) electrons. The molecule has 0 fully saturated rings. The summed E-state index contributed by atoms with van der Waals surface area (Å²) in [5.41, 5.74) is 6.14. The molecule has 2 nitrogen and oxygen atoms in total. The zero-order valence-electron chi connectivity index (χ0n) is 11.1. The maximum Gasteiger partial charge on any atom is 0.132 e. The van der Waals surface area contributed by atoms with E-state index in [0.717, 1.165) is 16.8 Å². The van der Waals surface area contributed by atoms with Gasteiger partial charge in [-0.3, -0.25) is 0 Å². The van der Waals surface area contributed by atoms with Gasteiger partial charge in [-0.05, 0) is 29.5 Å². The predicted octanol–water partition coefficient (Wildman–Crippen LogP) is 4.29. The minimum Gasteiger partial charge on any atom is -0.243 e. The smallest absolute Gasteiger partial charge is 0.132 e. The highest BCUT2D eigenvalue weighted by molar-refractivity contribution is 7.10. The molecule has 0 bridgehead atoms. The van der Waals surface area contributed by atoms with Crippen molar-refractivity contribution in [3.63, 3.8) is 0 Å². The van der Waals surface area contributed by atoms with Gasteiger partial charge in [0.1, 0.15) is 10.9 Å². The molecule has 0 N–H and O–H groups in total. The van der Waals surface area contributed by atoms with E-state index in [1.54, 1.807) is 5.51 Å². The molecule has 1 heterocycles. The summed E-state index contributed by atoms with van der Waals surface area (Å²) in [7, 11) is 0. The van der Waals surface area contributed by atoms with Gasteiger partial charge in [-0.15, -0.1) is 11.3 Å². The van der Waals surface area contributed by atoms with Crippen LogP contribution in [0.4, 0.5) is 0 Å². The lowest BCUT2D eigenvalue weighted by atomic mass is 9.85. The molecule has 1 aromatic carbocycles. The van der Waals surface area contributed by atoms with Crippen molar-refractivity contribution in [2.45, 2.75) is 33.1 Å². The van der Waals surface area contributed by atoms with E-state index in [1.165, 1.54) is 16.9 Å². The first-order chi connectivity index (χ1) is 8.43. The molecule has 0 spiro atoms. The van der Waals surface area contributed by atoms with E-state index in [-0.39, 0.29) is 5.41 Å². The van der Waals surface area contributed by atoms with Crippen molar-refractivity contribution in [1.82, 2.24) is 4.98 Å². The van der Waals surface area contributed by atoms with E-state index in [9.17, 15) is 0 Å². The fourth-order valence-corrected chi connectivity index (χ4v) is 2.45. The number of aromatic nitrogens is 1. The van der Waals surface area contributed by atoms with E-state index >= 15 is 0 Å². The van der Waals surface area contributed by atoms with Gasteiger partial charge >= 0.3 is 0 Å². The lowest BCUT2D eigenvalue weighted by Crippen LogP contribution is -2.11. The van der Waals surface area contributed by atoms with Crippen molar-refractivity contribution >= 4 is 11.3 Å². The summed E-state index contributed by atoms with van der Waals surface area (Å²) in [5, 5.41) is 9.11. The summed E-state index contributed by atoms with van der Waals surface area (Å²) < 4.78 is 0. The Morgan fingerprint density at radius 2 is 2.00 bits per heavy atom. The van der Waals surface area contributed by atoms with Gasteiger partial charge in [-0.25, -0.2) is 4.98 Å². The number of nitriles is 1. The third-order valence-electron chi connectivity index (χ3n) is 3.03. The highest BCUT2D eigenvalue weighted by atomic mass is 32.1. The van der Waals surface area contributed by atoms with Crippen LogP contribution in [0.3, 0.4) is 0 Å². The van der Waals surface area contributed by atoms with E-state index in [1.807, 2.05) is 0 Å². The molecule has 0 saturated heterocycles. The molecule has 2 aromatic rings. The maximum atomic E-state index is 9.11. The van der Waals surface area contributed by atoms with Gasteiger partial charge < -0.3 is 0 Å². The van der Waals surface area contributed by atoms with E-state index in [2.05, 4.69) is 56.9 Å². The number of benzene rings is 1. The van der Waals surface area contributed by atoms with Crippen LogP contribution in [0.1, 0.15) is 36.8 Å². The van der Waals surface area contributed by atoms with Crippen LogP contribution < -0.4 is 0 Å². The van der Waals surface area contributed by atoms with Crippen molar-refractivity contribution in [2.24, 2.45) is 0 Å². The summed E-state index contributed by atoms with van der Waals surface area (Å²) in [6.45, 7) is 8.62. The standard InChI is InChI=1S/C15H16N2S/c1-10-5-6-11(15(2,3)4)7-12(10)14-13(8-16)18-9-17-14/h5-7,9H,1-4H3. The number of aryl methyl sites for hydroxylation is 1. The third kappa shape index (κ3) is 2.30. The summed E-state index contributed by atoms with van der Waals surface area (Å²) >= 11 is 1.39. The van der Waals surface area contributed by atoms with Crippen LogP contribution in [0, 0.1) is 18.3 Å². The van der Waals surface area contributed by atoms with Crippen LogP contribution in [0.25, 0.3) is 11.3 Å². The molecule has 92 valence electrons. The monoisotopic (exact) mass is 256 g/mol. The highest BCUT2D eigenvalue weighted by Crippen LogP contribution is 2.32. The summed E-state index contributed by atoms with van der Waals surface area (Å²) in [4.78, 5) is 5.02. The average molecular weight is 256 g/mol. The first-order valence-electron chi connectivity index (χ1n) is 5.88. The topological polar surface area (TPSA) is 36.7 Å². The zero-order valence-corrected chi connectivity index (χ0v) is 11.9. The molecule has 0 aliphatic rings. The van der Waals surface area contributed by atoms with Crippen molar-refractivity contribution in [3.8, 4) is 17.3 Å². The molecule has 0 atom stereocenters. The molecule has 0 aliphatic heterocycles. The fraction of sp³-hybridized carbons (Fsp3) is 0.333. The molecule has 0 unspecified atom stereocenters. The van der Waals surface area contributed by atoms with E-state index in [0.29, 0.717) is 4.88 Å². The van der Waals surface area contributed by atoms with Gasteiger partial charge in [0.05, 0.1) is 11.2 Å². The Hall–Kier alpha value is -1.66. The second kappa shape index (κ2) is 4.55. The predicted molar refractivity (Wildman–Crippen MR) is 75.7 cm³/mol. The Morgan fingerprint density at radius 1 is 1.28 bits per heavy atom. The molecule has 0 aliphatic carbocycles. The molecule has 0 amide bonds. The number of thiazole rings is 1. The molecule has 18 heavy (non-hydrogen) atoms. The Kier molecular flexibility index (Phi) is 3.23. The number of rotatable bonds is 1. The highest BCUT2D eigenvalue weighted by Gasteiger charge is 2.17. The zero-order chi connectivity index (χ0) is 13.3. The first kappa shape index (κ1) is 12.8. The summed E-state index contributed by atoms with van der Waals surface area (Å²) in [6, 6.07) is 8.63. The molecule has 3 heteroatoms. The van der Waals surface area contributed by atoms with Crippen molar-refractivity contribution in [3.05, 3.63) is 39.7 Å². The number of hydrogen-bond acceptors (Lipinski definition) is 3. The van der Waals surface area contributed by atoms with Gasteiger partial charge in [-0.1, -0.05) is 32.9 Å². The Morgan fingerprint density at radius 3 is 2.61 bits per heavy atom. The number of nitrogens with zero attached hydrogens (tertiary/aromatic N) is 2. The quantitative estimate of drug-likeness (QED) is 0.763. The molecule has 2 rings (SSSR count). The minimum atomic E-state index is 0.102. The summed E-state index contributed by atoms with van der Waals surface area (Å²) in [6.07, 6.45) is 0. The van der Waals surface area contributed by atoms with Crippen LogP contribution in [-0.2, 0) is 5.41 Å². The van der Waals surface area contributed by atoms with E-state index < -0.39 is 0 Å². The van der Waals surface area contributed by atoms with Crippen LogP contribution in [0.2, 0.25) is 0 Å². The average Bonchev–Trinajstić information content (AvgIpc) is 2.76. The largest absolute Gasteiger partial charge is 0.243 e. The van der Waals surface area contributed by atoms with Crippen LogP contribution >= 0.6 is 11.3 Å². The van der Waals surface area contributed by atoms with Crippen LogP contribution in [0.5, 0.6) is 0 Å². The van der Waals surface area contributed by atoms with Gasteiger partial charge in [0.15, 0.2) is 0 Å². The Balaban J connectivity index is 2.62. The lowest BCUT2D eigenvalue weighted by Gasteiger charge is -2.20. The minimum absolute atomic E-state index is 0.102. The van der Waals surface area contributed by atoms with Crippen LogP contribution in [0.15, 0.2) is 23.7 Å². The summed E-state index contributed by atoms with van der Waals surface area (Å²) in [5.74, 6) is 0. The number of hydrogen-bond donors (Lipinski definition) is 0. The van der Waals surface area contributed by atoms with Crippen molar-refractivity contribution < 1.29 is 0 Å². The van der Waals surface area contributed by atoms with Gasteiger partial charge in [0, 0.05) is 5.56 Å². The Bertz CT molecular complexity index is 612. The van der Waals surface area contributed by atoms with Crippen molar-refractivity contribution in [1.29, 1.82) is 5.26 Å². The molecule has 0 saturated carbocycles. The molecule has 1 aromatic heterocycles. The van der Waals surface area contributed by atoms with E-state index in [4.69, 9.17) is 5.26 Å². The lowest BCUT2D eigenvalue weighted by molar-refractivity contribution is 0.590. The Labute approximate surface area is 112 Å². The normalized spacial score (nSPS) is 11.3. The molecular weight excluding hydrogens is 240 g/mol. The van der Waals surface area contributed by atoms with Crippen LogP contribution in [-0.4, -0.2) is 4.98 Å². The second-order valence-electron chi connectivity index (χ2n) is 5.42. The molecular formula is C15H16N2S. The van der Waals surface area contributed by atoms with Gasteiger partial charge in [0.2, 0.25) is 0 Å². The first-order valence-corrected chi connectivity index (χ1v) is 6.76. The van der Waals surface area contributed by atoms with Gasteiger partial charge in [-0.2, -0.15) is 5.26 Å². The third-order valence-corrected chi connectivity index (χ3v) is 3.76. The SMILES string of the molecule is Cc1ccc(C(C)(C)C)cc1-c1ncsc1C#N. The maximum absolute atomic E-state index is 9.11. The fourth-order valence-electron chi connectivity index (χ4n) is 1.86.